The van der Waals surface area contributed by atoms with E-state index in [0.717, 1.165) is 0 Å². The van der Waals surface area contributed by atoms with Crippen molar-refractivity contribution in [3.8, 4) is 0 Å². The summed E-state index contributed by atoms with van der Waals surface area (Å²) >= 11 is 0. The van der Waals surface area contributed by atoms with Crippen molar-refractivity contribution < 1.29 is 17.9 Å². The Morgan fingerprint density at radius 2 is 2.21 bits per heavy atom. The van der Waals surface area contributed by atoms with Crippen LogP contribution in [0.2, 0.25) is 0 Å². The normalized spacial score (nSPS) is 12.0. The standard InChI is InChI=1S/C8H11F3N2O/c1-2-13-4-3-7(12-13)5-14-6-8(9,10)11/h3-4H,2,5-6H2,1H3. The molecule has 0 N–H and O–H groups in total. The van der Waals surface area contributed by atoms with Gasteiger partial charge < -0.3 is 4.74 Å². The zero-order chi connectivity index (χ0) is 10.6. The smallest absolute Gasteiger partial charge is 0.366 e. The molecule has 0 bridgehead atoms. The molecule has 6 heteroatoms. The third kappa shape index (κ3) is 3.78. The molecule has 0 spiro atoms. The van der Waals surface area contributed by atoms with E-state index in [1.165, 1.54) is 0 Å². The van der Waals surface area contributed by atoms with Gasteiger partial charge in [0.25, 0.3) is 0 Å². The molecule has 80 valence electrons. The molecule has 1 aromatic heterocycles. The minimum absolute atomic E-state index is 0.105. The van der Waals surface area contributed by atoms with Gasteiger partial charge in [-0.2, -0.15) is 18.3 Å². The first kappa shape index (κ1) is 11.0. The maximum atomic E-state index is 11.7. The van der Waals surface area contributed by atoms with E-state index in [9.17, 15) is 13.2 Å². The zero-order valence-electron chi connectivity index (χ0n) is 7.71. The molecule has 0 aromatic carbocycles. The van der Waals surface area contributed by atoms with Crippen molar-refractivity contribution in [1.29, 1.82) is 0 Å². The third-order valence-corrected chi connectivity index (χ3v) is 1.54. The molecule has 0 amide bonds. The number of hydrogen-bond donors (Lipinski definition) is 0. The number of alkyl halides is 3. The number of aromatic nitrogens is 2. The Hall–Kier alpha value is -1.04. The Morgan fingerprint density at radius 3 is 2.71 bits per heavy atom. The molecule has 0 aliphatic rings. The van der Waals surface area contributed by atoms with E-state index in [0.29, 0.717) is 12.2 Å². The van der Waals surface area contributed by atoms with Crippen molar-refractivity contribution in [2.45, 2.75) is 26.3 Å². The molecule has 0 aliphatic heterocycles. The van der Waals surface area contributed by atoms with Crippen molar-refractivity contribution >= 4 is 0 Å². The van der Waals surface area contributed by atoms with Crippen LogP contribution in [0.25, 0.3) is 0 Å². The van der Waals surface area contributed by atoms with Crippen molar-refractivity contribution in [3.63, 3.8) is 0 Å². The fourth-order valence-corrected chi connectivity index (χ4v) is 0.928. The van der Waals surface area contributed by atoms with Gasteiger partial charge in [-0.15, -0.1) is 0 Å². The topological polar surface area (TPSA) is 27.1 Å². The Morgan fingerprint density at radius 1 is 1.50 bits per heavy atom. The highest BCUT2D eigenvalue weighted by atomic mass is 19.4. The summed E-state index contributed by atoms with van der Waals surface area (Å²) < 4.78 is 41.1. The number of rotatable bonds is 4. The lowest BCUT2D eigenvalue weighted by atomic mass is 10.5. The maximum Gasteiger partial charge on any atom is 0.411 e. The maximum absolute atomic E-state index is 11.7. The molecule has 1 rings (SSSR count). The SMILES string of the molecule is CCn1ccc(COCC(F)(F)F)n1. The Labute approximate surface area is 79.5 Å². The number of ether oxygens (including phenoxy) is 1. The van der Waals surface area contributed by atoms with E-state index < -0.39 is 12.8 Å². The van der Waals surface area contributed by atoms with E-state index in [2.05, 4.69) is 9.84 Å². The van der Waals surface area contributed by atoms with Gasteiger partial charge in [0.15, 0.2) is 0 Å². The molecule has 1 aromatic rings. The highest BCUT2D eigenvalue weighted by Crippen LogP contribution is 2.15. The van der Waals surface area contributed by atoms with E-state index in [4.69, 9.17) is 0 Å². The third-order valence-electron chi connectivity index (χ3n) is 1.54. The van der Waals surface area contributed by atoms with Crippen molar-refractivity contribution in [2.75, 3.05) is 6.61 Å². The monoisotopic (exact) mass is 208 g/mol. The van der Waals surface area contributed by atoms with Gasteiger partial charge in [-0.1, -0.05) is 0 Å². The van der Waals surface area contributed by atoms with Crippen LogP contribution in [0.4, 0.5) is 13.2 Å². The predicted octanol–water partition coefficient (Wildman–Crippen LogP) is 1.98. The summed E-state index contributed by atoms with van der Waals surface area (Å²) in [7, 11) is 0. The van der Waals surface area contributed by atoms with Crippen LogP contribution in [0.5, 0.6) is 0 Å². The van der Waals surface area contributed by atoms with Crippen LogP contribution in [-0.2, 0) is 17.9 Å². The second kappa shape index (κ2) is 4.45. The van der Waals surface area contributed by atoms with Crippen LogP contribution in [0.15, 0.2) is 12.3 Å². The fraction of sp³-hybridized carbons (Fsp3) is 0.625. The first-order valence-corrected chi connectivity index (χ1v) is 4.18. The number of nitrogens with zero attached hydrogens (tertiary/aromatic N) is 2. The van der Waals surface area contributed by atoms with E-state index in [1.807, 2.05) is 6.92 Å². The molecular formula is C8H11F3N2O. The summed E-state index contributed by atoms with van der Waals surface area (Å²) in [6, 6.07) is 1.64. The average Bonchev–Trinajstić information content (AvgIpc) is 2.50. The Bertz CT molecular complexity index is 282. The van der Waals surface area contributed by atoms with Crippen molar-refractivity contribution in [2.24, 2.45) is 0 Å². The highest BCUT2D eigenvalue weighted by Gasteiger charge is 2.27. The number of halogens is 3. The van der Waals surface area contributed by atoms with Gasteiger partial charge in [0, 0.05) is 12.7 Å². The van der Waals surface area contributed by atoms with Crippen LogP contribution < -0.4 is 0 Å². The lowest BCUT2D eigenvalue weighted by Gasteiger charge is -2.05. The molecule has 0 unspecified atom stereocenters. The van der Waals surface area contributed by atoms with Crippen LogP contribution in [0, 0.1) is 0 Å². The second-order valence-electron chi connectivity index (χ2n) is 2.77. The largest absolute Gasteiger partial charge is 0.411 e. The van der Waals surface area contributed by atoms with Crippen LogP contribution in [-0.4, -0.2) is 22.6 Å². The van der Waals surface area contributed by atoms with Crippen LogP contribution >= 0.6 is 0 Å². The van der Waals surface area contributed by atoms with Gasteiger partial charge in [0.2, 0.25) is 0 Å². The molecule has 0 atom stereocenters. The average molecular weight is 208 g/mol. The van der Waals surface area contributed by atoms with Gasteiger partial charge in [-0.25, -0.2) is 0 Å². The summed E-state index contributed by atoms with van der Waals surface area (Å²) in [6.45, 7) is 1.26. The summed E-state index contributed by atoms with van der Waals surface area (Å²) in [5, 5.41) is 3.97. The van der Waals surface area contributed by atoms with Gasteiger partial charge >= 0.3 is 6.18 Å². The highest BCUT2D eigenvalue weighted by molar-refractivity contribution is 4.96. The molecule has 14 heavy (non-hydrogen) atoms. The molecule has 1 heterocycles. The molecule has 0 aliphatic carbocycles. The molecule has 0 saturated carbocycles. The van der Waals surface area contributed by atoms with Crippen LogP contribution in [0.1, 0.15) is 12.6 Å². The summed E-state index contributed by atoms with van der Waals surface area (Å²) in [6.07, 6.45) is -2.57. The summed E-state index contributed by atoms with van der Waals surface area (Å²) in [4.78, 5) is 0. The predicted molar refractivity (Wildman–Crippen MR) is 43.6 cm³/mol. The molecule has 0 fully saturated rings. The molecule has 3 nitrogen and oxygen atoms in total. The Balaban J connectivity index is 2.31. The minimum atomic E-state index is -4.27. The first-order valence-electron chi connectivity index (χ1n) is 4.18. The molecule has 0 saturated heterocycles. The van der Waals surface area contributed by atoms with Gasteiger partial charge in [-0.3, -0.25) is 4.68 Å². The molecule has 0 radical (unpaired) electrons. The second-order valence-corrected chi connectivity index (χ2v) is 2.77. The Kier molecular flexibility index (Phi) is 3.51. The van der Waals surface area contributed by atoms with Crippen LogP contribution in [0.3, 0.4) is 0 Å². The van der Waals surface area contributed by atoms with Crippen molar-refractivity contribution in [3.05, 3.63) is 18.0 Å². The van der Waals surface area contributed by atoms with Gasteiger partial charge in [0.05, 0.1) is 12.3 Å². The number of aryl methyl sites for hydroxylation is 1. The van der Waals surface area contributed by atoms with E-state index >= 15 is 0 Å². The number of hydrogen-bond acceptors (Lipinski definition) is 2. The van der Waals surface area contributed by atoms with Crippen molar-refractivity contribution in [1.82, 2.24) is 9.78 Å². The summed E-state index contributed by atoms with van der Waals surface area (Å²) in [5.41, 5.74) is 0.510. The molecular weight excluding hydrogens is 197 g/mol. The van der Waals surface area contributed by atoms with E-state index in [1.54, 1.807) is 16.9 Å². The summed E-state index contributed by atoms with van der Waals surface area (Å²) in [5.74, 6) is 0. The fourth-order valence-electron chi connectivity index (χ4n) is 0.928. The van der Waals surface area contributed by atoms with Gasteiger partial charge in [0.1, 0.15) is 6.61 Å². The van der Waals surface area contributed by atoms with Gasteiger partial charge in [-0.05, 0) is 13.0 Å². The lowest BCUT2D eigenvalue weighted by molar-refractivity contribution is -0.176. The van der Waals surface area contributed by atoms with E-state index in [-0.39, 0.29) is 6.61 Å². The zero-order valence-corrected chi connectivity index (χ0v) is 7.71. The minimum Gasteiger partial charge on any atom is -0.366 e. The lowest BCUT2D eigenvalue weighted by Crippen LogP contribution is -2.16. The first-order chi connectivity index (χ1) is 6.51. The quantitative estimate of drug-likeness (QED) is 0.756.